The van der Waals surface area contributed by atoms with Gasteiger partial charge in [0, 0.05) is 17.3 Å². The third kappa shape index (κ3) is 4.86. The minimum absolute atomic E-state index is 0.165. The first kappa shape index (κ1) is 11.9. The molecule has 1 saturated heterocycles. The van der Waals surface area contributed by atoms with Crippen molar-refractivity contribution in [2.45, 2.75) is 38.0 Å². The van der Waals surface area contributed by atoms with E-state index in [0.29, 0.717) is 11.8 Å². The Morgan fingerprint density at radius 3 is 2.79 bits per heavy atom. The molecule has 1 fully saturated rings. The Balaban J connectivity index is 2.15. The third-order valence-electron chi connectivity index (χ3n) is 2.06. The zero-order chi connectivity index (χ0) is 10.6. The molecule has 1 aliphatic rings. The van der Waals surface area contributed by atoms with E-state index < -0.39 is 0 Å². The topological polar surface area (TPSA) is 41.1 Å². The monoisotopic (exact) mass is 216 g/mol. The van der Waals surface area contributed by atoms with Crippen molar-refractivity contribution in [3.63, 3.8) is 0 Å². The van der Waals surface area contributed by atoms with Crippen LogP contribution in [0.25, 0.3) is 0 Å². The standard InChI is InChI=1S/C10H20N2OS/c1-10(2,3)14-7-9(13)12-8-4-5-11-6-8/h8,11H,4-7H2,1-3H3,(H,12,13). The van der Waals surface area contributed by atoms with Crippen LogP contribution in [0.5, 0.6) is 0 Å². The highest BCUT2D eigenvalue weighted by Gasteiger charge is 2.18. The maximum Gasteiger partial charge on any atom is 0.230 e. The van der Waals surface area contributed by atoms with Crippen molar-refractivity contribution in [1.82, 2.24) is 10.6 Å². The molecule has 1 atom stereocenters. The number of hydrogen-bond donors (Lipinski definition) is 2. The molecule has 0 aliphatic carbocycles. The van der Waals surface area contributed by atoms with E-state index in [1.165, 1.54) is 0 Å². The third-order valence-corrected chi connectivity index (χ3v) is 3.33. The molecule has 1 heterocycles. The number of rotatable bonds is 3. The Hall–Kier alpha value is -0.220. The van der Waals surface area contributed by atoms with Gasteiger partial charge in [0.1, 0.15) is 0 Å². The summed E-state index contributed by atoms with van der Waals surface area (Å²) in [6.07, 6.45) is 1.06. The van der Waals surface area contributed by atoms with Gasteiger partial charge < -0.3 is 10.6 Å². The Bertz CT molecular complexity index is 195. The van der Waals surface area contributed by atoms with Crippen molar-refractivity contribution >= 4 is 17.7 Å². The highest BCUT2D eigenvalue weighted by Crippen LogP contribution is 2.22. The van der Waals surface area contributed by atoms with Crippen LogP contribution < -0.4 is 10.6 Å². The van der Waals surface area contributed by atoms with Crippen LogP contribution in [0.15, 0.2) is 0 Å². The van der Waals surface area contributed by atoms with Gasteiger partial charge in [0.15, 0.2) is 0 Å². The minimum Gasteiger partial charge on any atom is -0.351 e. The predicted molar refractivity (Wildman–Crippen MR) is 61.6 cm³/mol. The molecule has 1 amide bonds. The molecule has 1 rings (SSSR count). The Morgan fingerprint density at radius 1 is 1.57 bits per heavy atom. The molecule has 3 nitrogen and oxygen atoms in total. The molecule has 0 radical (unpaired) electrons. The van der Waals surface area contributed by atoms with Crippen molar-refractivity contribution in [3.05, 3.63) is 0 Å². The zero-order valence-electron chi connectivity index (χ0n) is 9.22. The molecule has 0 spiro atoms. The van der Waals surface area contributed by atoms with Gasteiger partial charge in [-0.15, -0.1) is 11.8 Å². The number of nitrogens with one attached hydrogen (secondary N) is 2. The molecule has 14 heavy (non-hydrogen) atoms. The van der Waals surface area contributed by atoms with Crippen LogP contribution in [0.4, 0.5) is 0 Å². The Labute approximate surface area is 90.4 Å². The Kier molecular flexibility index (Phi) is 4.26. The van der Waals surface area contributed by atoms with Crippen LogP contribution in [0.3, 0.4) is 0 Å². The summed E-state index contributed by atoms with van der Waals surface area (Å²) >= 11 is 1.69. The van der Waals surface area contributed by atoms with Gasteiger partial charge in [-0.2, -0.15) is 0 Å². The van der Waals surface area contributed by atoms with Crippen LogP contribution in [0.1, 0.15) is 27.2 Å². The molecular weight excluding hydrogens is 196 g/mol. The van der Waals surface area contributed by atoms with E-state index in [-0.39, 0.29) is 10.7 Å². The minimum atomic E-state index is 0.165. The summed E-state index contributed by atoms with van der Waals surface area (Å²) in [4.78, 5) is 11.5. The molecule has 0 aromatic carbocycles. The molecule has 0 aromatic rings. The van der Waals surface area contributed by atoms with E-state index in [4.69, 9.17) is 0 Å². The fourth-order valence-electron chi connectivity index (χ4n) is 1.33. The fourth-order valence-corrected chi connectivity index (χ4v) is 1.98. The number of thioether (sulfide) groups is 1. The largest absolute Gasteiger partial charge is 0.351 e. The summed E-state index contributed by atoms with van der Waals surface area (Å²) in [5, 5.41) is 6.26. The van der Waals surface area contributed by atoms with Crippen LogP contribution >= 0.6 is 11.8 Å². The number of carbonyl (C=O) groups excluding carboxylic acids is 1. The first-order valence-corrected chi connectivity index (χ1v) is 6.10. The Morgan fingerprint density at radius 2 is 2.29 bits per heavy atom. The van der Waals surface area contributed by atoms with Gasteiger partial charge in [-0.25, -0.2) is 0 Å². The lowest BCUT2D eigenvalue weighted by atomic mass is 10.2. The van der Waals surface area contributed by atoms with E-state index >= 15 is 0 Å². The average Bonchev–Trinajstić information content (AvgIpc) is 2.52. The summed E-state index contributed by atoms with van der Waals surface area (Å²) in [5.74, 6) is 0.735. The van der Waals surface area contributed by atoms with Crippen LogP contribution in [0.2, 0.25) is 0 Å². The SMILES string of the molecule is CC(C)(C)SCC(=O)NC1CCNC1. The summed E-state index contributed by atoms with van der Waals surface area (Å²) in [6.45, 7) is 8.33. The predicted octanol–water partition coefficient (Wildman–Crippen LogP) is 0.996. The van der Waals surface area contributed by atoms with Gasteiger partial charge in [-0.05, 0) is 13.0 Å². The van der Waals surface area contributed by atoms with Crippen molar-refractivity contribution in [3.8, 4) is 0 Å². The van der Waals surface area contributed by atoms with Crippen LogP contribution in [0, 0.1) is 0 Å². The molecule has 1 aliphatic heterocycles. The maximum atomic E-state index is 11.5. The first-order valence-electron chi connectivity index (χ1n) is 5.11. The van der Waals surface area contributed by atoms with E-state index in [1.54, 1.807) is 11.8 Å². The van der Waals surface area contributed by atoms with Gasteiger partial charge in [0.25, 0.3) is 0 Å². The molecule has 1 unspecified atom stereocenters. The summed E-state index contributed by atoms with van der Waals surface area (Å²) in [7, 11) is 0. The second-order valence-corrected chi connectivity index (χ2v) is 6.46. The number of hydrogen-bond acceptors (Lipinski definition) is 3. The molecular formula is C10H20N2OS. The molecule has 0 bridgehead atoms. The number of amides is 1. The van der Waals surface area contributed by atoms with Crippen LogP contribution in [-0.4, -0.2) is 35.5 Å². The van der Waals surface area contributed by atoms with Gasteiger partial charge >= 0.3 is 0 Å². The highest BCUT2D eigenvalue weighted by atomic mass is 32.2. The molecule has 0 aromatic heterocycles. The molecule has 82 valence electrons. The zero-order valence-corrected chi connectivity index (χ0v) is 10.0. The smallest absolute Gasteiger partial charge is 0.230 e. The normalized spacial score (nSPS) is 22.4. The lowest BCUT2D eigenvalue weighted by Gasteiger charge is -2.18. The van der Waals surface area contributed by atoms with Crippen LogP contribution in [-0.2, 0) is 4.79 Å². The van der Waals surface area contributed by atoms with Gasteiger partial charge in [-0.1, -0.05) is 20.8 Å². The molecule has 0 saturated carbocycles. The van der Waals surface area contributed by atoms with Crippen molar-refractivity contribution in [2.75, 3.05) is 18.8 Å². The van der Waals surface area contributed by atoms with Crippen molar-refractivity contribution < 1.29 is 4.79 Å². The van der Waals surface area contributed by atoms with E-state index in [1.807, 2.05) is 0 Å². The van der Waals surface area contributed by atoms with Gasteiger partial charge in [0.2, 0.25) is 5.91 Å². The molecule has 4 heteroatoms. The molecule has 2 N–H and O–H groups in total. The average molecular weight is 216 g/mol. The maximum absolute atomic E-state index is 11.5. The van der Waals surface area contributed by atoms with Crippen molar-refractivity contribution in [2.24, 2.45) is 0 Å². The first-order chi connectivity index (χ1) is 6.47. The van der Waals surface area contributed by atoms with E-state index in [2.05, 4.69) is 31.4 Å². The quantitative estimate of drug-likeness (QED) is 0.739. The van der Waals surface area contributed by atoms with E-state index in [0.717, 1.165) is 19.5 Å². The van der Waals surface area contributed by atoms with Gasteiger partial charge in [-0.3, -0.25) is 4.79 Å². The summed E-state index contributed by atoms with van der Waals surface area (Å²) in [6, 6.07) is 0.350. The summed E-state index contributed by atoms with van der Waals surface area (Å²) in [5.41, 5.74) is 0. The van der Waals surface area contributed by atoms with E-state index in [9.17, 15) is 4.79 Å². The van der Waals surface area contributed by atoms with Crippen molar-refractivity contribution in [1.29, 1.82) is 0 Å². The second-order valence-electron chi connectivity index (χ2n) is 4.66. The lowest BCUT2D eigenvalue weighted by molar-refractivity contribution is -0.119. The second kappa shape index (κ2) is 5.03. The number of carbonyl (C=O) groups is 1. The fraction of sp³-hybridized carbons (Fsp3) is 0.900. The highest BCUT2D eigenvalue weighted by molar-refractivity contribution is 8.01. The van der Waals surface area contributed by atoms with Gasteiger partial charge in [0.05, 0.1) is 5.75 Å². The summed E-state index contributed by atoms with van der Waals surface area (Å²) < 4.78 is 0.172. The lowest BCUT2D eigenvalue weighted by Crippen LogP contribution is -2.37.